The van der Waals surface area contributed by atoms with Crippen molar-refractivity contribution in [2.45, 2.75) is 19.5 Å². The number of ether oxygens (including phenoxy) is 2. The Kier molecular flexibility index (Phi) is 5.39. The van der Waals surface area contributed by atoms with Crippen LogP contribution in [0.25, 0.3) is 10.9 Å². The Hall–Kier alpha value is -1.36. The smallest absolute Gasteiger partial charge is 0.0645 e. The fourth-order valence-corrected chi connectivity index (χ4v) is 2.14. The zero-order valence-electron chi connectivity index (χ0n) is 11.5. The number of nitrogens with zero attached hydrogens (tertiary/aromatic N) is 1. The van der Waals surface area contributed by atoms with Crippen molar-refractivity contribution in [3.63, 3.8) is 0 Å². The van der Waals surface area contributed by atoms with Crippen molar-refractivity contribution < 1.29 is 9.47 Å². The van der Waals surface area contributed by atoms with E-state index in [1.165, 1.54) is 16.5 Å². The maximum atomic E-state index is 5.65. The summed E-state index contributed by atoms with van der Waals surface area (Å²) in [5.41, 5.74) is 8.05. The molecule has 1 aromatic heterocycles. The molecule has 1 aromatic carbocycles. The van der Waals surface area contributed by atoms with Crippen molar-refractivity contribution in [3.8, 4) is 0 Å². The Morgan fingerprint density at radius 2 is 2.05 bits per heavy atom. The Morgan fingerprint density at radius 1 is 1.16 bits per heavy atom. The van der Waals surface area contributed by atoms with E-state index in [9.17, 15) is 0 Å². The fourth-order valence-electron chi connectivity index (χ4n) is 2.14. The molecule has 4 nitrogen and oxygen atoms in total. The minimum absolute atomic E-state index is 0.587. The predicted molar refractivity (Wildman–Crippen MR) is 77.1 cm³/mol. The summed E-state index contributed by atoms with van der Waals surface area (Å²) in [5, 5.41) is 1.24. The molecule has 19 heavy (non-hydrogen) atoms. The molecule has 0 fully saturated rings. The van der Waals surface area contributed by atoms with E-state index >= 15 is 0 Å². The van der Waals surface area contributed by atoms with Gasteiger partial charge in [-0.15, -0.1) is 0 Å². The van der Waals surface area contributed by atoms with Crippen LogP contribution in [-0.4, -0.2) is 31.5 Å². The third-order valence-electron chi connectivity index (χ3n) is 3.18. The Balaban J connectivity index is 1.87. The molecule has 0 saturated carbocycles. The number of rotatable bonds is 8. The molecule has 0 aliphatic rings. The van der Waals surface area contributed by atoms with Crippen LogP contribution >= 0.6 is 0 Å². The Morgan fingerprint density at radius 3 is 2.84 bits per heavy atom. The molecule has 0 spiro atoms. The summed E-state index contributed by atoms with van der Waals surface area (Å²) < 4.78 is 12.8. The second-order valence-corrected chi connectivity index (χ2v) is 4.57. The van der Waals surface area contributed by atoms with Gasteiger partial charge in [-0.05, 0) is 35.6 Å². The lowest BCUT2D eigenvalue weighted by Gasteiger charge is -2.07. The van der Waals surface area contributed by atoms with Gasteiger partial charge in [0.1, 0.15) is 0 Å². The molecule has 0 atom stereocenters. The van der Waals surface area contributed by atoms with Crippen molar-refractivity contribution in [1.82, 2.24) is 4.57 Å². The van der Waals surface area contributed by atoms with E-state index in [0.29, 0.717) is 6.54 Å². The van der Waals surface area contributed by atoms with Crippen LogP contribution in [0.5, 0.6) is 0 Å². The lowest BCUT2D eigenvalue weighted by Crippen LogP contribution is -2.07. The minimum Gasteiger partial charge on any atom is -0.385 e. The van der Waals surface area contributed by atoms with Gasteiger partial charge in [-0.3, -0.25) is 0 Å². The monoisotopic (exact) mass is 262 g/mol. The maximum absolute atomic E-state index is 5.65. The molecule has 0 aliphatic heterocycles. The lowest BCUT2D eigenvalue weighted by molar-refractivity contribution is 0.0982. The third-order valence-corrected chi connectivity index (χ3v) is 3.18. The van der Waals surface area contributed by atoms with Gasteiger partial charge in [0, 0.05) is 45.1 Å². The molecule has 0 amide bonds. The average molecular weight is 262 g/mol. The van der Waals surface area contributed by atoms with E-state index in [0.717, 1.165) is 32.8 Å². The summed E-state index contributed by atoms with van der Waals surface area (Å²) in [5.74, 6) is 0. The standard InChI is InChI=1S/C15H22N2O2/c1-18-8-2-9-19-10-7-17-6-5-14-11-13(12-16)3-4-15(14)17/h3-6,11H,2,7-10,12,16H2,1H3. The molecular weight excluding hydrogens is 240 g/mol. The molecule has 1 heterocycles. The quantitative estimate of drug-likeness (QED) is 0.742. The normalized spacial score (nSPS) is 11.3. The van der Waals surface area contributed by atoms with Crippen LogP contribution in [0.4, 0.5) is 0 Å². The van der Waals surface area contributed by atoms with Crippen LogP contribution in [0.1, 0.15) is 12.0 Å². The van der Waals surface area contributed by atoms with Gasteiger partial charge >= 0.3 is 0 Å². The number of fused-ring (bicyclic) bond motifs is 1. The summed E-state index contributed by atoms with van der Waals surface area (Å²) >= 11 is 0. The molecule has 0 saturated heterocycles. The zero-order valence-corrected chi connectivity index (χ0v) is 11.5. The van der Waals surface area contributed by atoms with Gasteiger partial charge in [0.05, 0.1) is 6.61 Å². The lowest BCUT2D eigenvalue weighted by atomic mass is 10.1. The molecule has 0 bridgehead atoms. The van der Waals surface area contributed by atoms with Crippen molar-refractivity contribution in [3.05, 3.63) is 36.0 Å². The number of benzene rings is 1. The van der Waals surface area contributed by atoms with Crippen LogP contribution in [-0.2, 0) is 22.6 Å². The maximum Gasteiger partial charge on any atom is 0.0645 e. The third kappa shape index (κ3) is 3.80. The van der Waals surface area contributed by atoms with Gasteiger partial charge in [-0.1, -0.05) is 6.07 Å². The van der Waals surface area contributed by atoms with E-state index in [4.69, 9.17) is 15.2 Å². The van der Waals surface area contributed by atoms with Crippen molar-refractivity contribution in [1.29, 1.82) is 0 Å². The molecule has 0 unspecified atom stereocenters. The van der Waals surface area contributed by atoms with E-state index in [2.05, 4.69) is 35.0 Å². The van der Waals surface area contributed by atoms with Crippen LogP contribution < -0.4 is 5.73 Å². The van der Waals surface area contributed by atoms with Gasteiger partial charge in [-0.25, -0.2) is 0 Å². The van der Waals surface area contributed by atoms with Crippen molar-refractivity contribution in [2.75, 3.05) is 26.9 Å². The first-order chi connectivity index (χ1) is 9.35. The van der Waals surface area contributed by atoms with E-state index in [1.54, 1.807) is 7.11 Å². The highest BCUT2D eigenvalue weighted by Crippen LogP contribution is 2.17. The topological polar surface area (TPSA) is 49.4 Å². The highest BCUT2D eigenvalue weighted by Gasteiger charge is 2.01. The molecule has 104 valence electrons. The first-order valence-electron chi connectivity index (χ1n) is 6.69. The Labute approximate surface area is 114 Å². The predicted octanol–water partition coefficient (Wildman–Crippen LogP) is 2.15. The highest BCUT2D eigenvalue weighted by molar-refractivity contribution is 5.80. The summed E-state index contributed by atoms with van der Waals surface area (Å²) in [6, 6.07) is 8.48. The van der Waals surface area contributed by atoms with Crippen LogP contribution in [0, 0.1) is 0 Å². The van der Waals surface area contributed by atoms with Gasteiger partial charge in [0.15, 0.2) is 0 Å². The Bertz CT molecular complexity index is 508. The first kappa shape index (κ1) is 14.1. The molecule has 0 aliphatic carbocycles. The molecule has 0 radical (unpaired) electrons. The summed E-state index contributed by atoms with van der Waals surface area (Å²) in [6.45, 7) is 3.70. The van der Waals surface area contributed by atoms with Gasteiger partial charge in [-0.2, -0.15) is 0 Å². The van der Waals surface area contributed by atoms with Gasteiger partial charge < -0.3 is 19.8 Å². The molecule has 2 N–H and O–H groups in total. The highest BCUT2D eigenvalue weighted by atomic mass is 16.5. The van der Waals surface area contributed by atoms with Gasteiger partial charge in [0.25, 0.3) is 0 Å². The van der Waals surface area contributed by atoms with E-state index in [-0.39, 0.29) is 0 Å². The van der Waals surface area contributed by atoms with Crippen LogP contribution in [0.3, 0.4) is 0 Å². The van der Waals surface area contributed by atoms with E-state index in [1.807, 2.05) is 0 Å². The summed E-state index contributed by atoms with van der Waals surface area (Å²) in [4.78, 5) is 0. The van der Waals surface area contributed by atoms with Crippen molar-refractivity contribution >= 4 is 10.9 Å². The summed E-state index contributed by atoms with van der Waals surface area (Å²) in [6.07, 6.45) is 3.05. The second kappa shape index (κ2) is 7.28. The largest absolute Gasteiger partial charge is 0.385 e. The number of aromatic nitrogens is 1. The molecule has 4 heteroatoms. The number of hydrogen-bond acceptors (Lipinski definition) is 3. The first-order valence-corrected chi connectivity index (χ1v) is 6.69. The van der Waals surface area contributed by atoms with Crippen LogP contribution in [0.15, 0.2) is 30.5 Å². The summed E-state index contributed by atoms with van der Waals surface area (Å²) in [7, 11) is 1.71. The number of hydrogen-bond donors (Lipinski definition) is 1. The number of nitrogens with two attached hydrogens (primary N) is 1. The molecule has 2 aromatic rings. The van der Waals surface area contributed by atoms with Crippen molar-refractivity contribution in [2.24, 2.45) is 5.73 Å². The fraction of sp³-hybridized carbons (Fsp3) is 0.467. The second-order valence-electron chi connectivity index (χ2n) is 4.57. The van der Waals surface area contributed by atoms with E-state index < -0.39 is 0 Å². The molecular formula is C15H22N2O2. The molecule has 2 rings (SSSR count). The van der Waals surface area contributed by atoms with Crippen LogP contribution in [0.2, 0.25) is 0 Å². The minimum atomic E-state index is 0.587. The SMILES string of the molecule is COCCCOCCn1ccc2cc(CN)ccc21. The zero-order chi connectivity index (χ0) is 13.5. The van der Waals surface area contributed by atoms with Gasteiger partial charge in [0.2, 0.25) is 0 Å². The average Bonchev–Trinajstić information content (AvgIpc) is 2.85. The number of methoxy groups -OCH3 is 1.